The maximum absolute atomic E-state index is 12.0. The van der Waals surface area contributed by atoms with Crippen LogP contribution in [0.4, 0.5) is 5.69 Å². The van der Waals surface area contributed by atoms with Gasteiger partial charge in [-0.15, -0.1) is 11.3 Å². The lowest BCUT2D eigenvalue weighted by atomic mass is 10.2. The molecule has 0 aliphatic heterocycles. The molecule has 0 fully saturated rings. The molecule has 0 bridgehead atoms. The lowest BCUT2D eigenvalue weighted by Crippen LogP contribution is -2.06. The van der Waals surface area contributed by atoms with Gasteiger partial charge < -0.3 is 9.15 Å². The Morgan fingerprint density at radius 1 is 1.42 bits per heavy atom. The summed E-state index contributed by atoms with van der Waals surface area (Å²) in [4.78, 5) is 26.5. The lowest BCUT2D eigenvalue weighted by Gasteiger charge is -2.03. The maximum atomic E-state index is 12.0. The Balaban J connectivity index is 1.68. The Morgan fingerprint density at radius 3 is 2.96 bits per heavy atom. The molecule has 0 amide bonds. The molecule has 9 heteroatoms. The van der Waals surface area contributed by atoms with E-state index >= 15 is 0 Å². The van der Waals surface area contributed by atoms with Crippen LogP contribution >= 0.6 is 22.9 Å². The van der Waals surface area contributed by atoms with Gasteiger partial charge >= 0.3 is 5.97 Å². The summed E-state index contributed by atoms with van der Waals surface area (Å²) in [5.74, 6) is -0.0618. The van der Waals surface area contributed by atoms with Crippen LogP contribution in [0, 0.1) is 10.1 Å². The van der Waals surface area contributed by atoms with E-state index < -0.39 is 10.9 Å². The molecule has 0 atom stereocenters. The van der Waals surface area contributed by atoms with Crippen LogP contribution in [0.5, 0.6) is 0 Å². The van der Waals surface area contributed by atoms with Gasteiger partial charge in [-0.3, -0.25) is 10.1 Å². The van der Waals surface area contributed by atoms with Gasteiger partial charge in [-0.25, -0.2) is 9.78 Å². The number of hydrogen-bond donors (Lipinski definition) is 0. The first-order chi connectivity index (χ1) is 11.5. The normalized spacial score (nSPS) is 10.5. The fourth-order valence-electron chi connectivity index (χ4n) is 1.89. The number of aromatic nitrogens is 1. The van der Waals surface area contributed by atoms with E-state index in [1.165, 1.54) is 23.5 Å². The third-order valence-corrected chi connectivity index (χ3v) is 4.24. The van der Waals surface area contributed by atoms with Gasteiger partial charge in [0.1, 0.15) is 11.6 Å². The first-order valence-corrected chi connectivity index (χ1v) is 7.89. The summed E-state index contributed by atoms with van der Waals surface area (Å²) >= 11 is 7.07. The van der Waals surface area contributed by atoms with Gasteiger partial charge in [0.25, 0.3) is 5.69 Å². The number of nitro groups is 1. The van der Waals surface area contributed by atoms with Gasteiger partial charge in [-0.05, 0) is 24.3 Å². The zero-order chi connectivity index (χ0) is 17.1. The molecule has 24 heavy (non-hydrogen) atoms. The number of benzene rings is 1. The molecule has 0 radical (unpaired) electrons. The fraction of sp³-hybridized carbons (Fsp3) is 0.0667. The number of ether oxygens (including phenoxy) is 1. The van der Waals surface area contributed by atoms with Crippen molar-refractivity contribution in [2.45, 2.75) is 6.61 Å². The van der Waals surface area contributed by atoms with E-state index in [0.717, 1.165) is 6.07 Å². The standard InChI is InChI=1S/C15H9ClN2O5S/c16-11-4-3-9(6-12(11)18(20)21)15(19)23-7-10-8-24-14(17-10)13-2-1-5-22-13/h1-6,8H,7H2. The summed E-state index contributed by atoms with van der Waals surface area (Å²) in [6.07, 6.45) is 1.55. The average Bonchev–Trinajstić information content (AvgIpc) is 3.24. The van der Waals surface area contributed by atoms with Crippen molar-refractivity contribution in [1.82, 2.24) is 4.98 Å². The van der Waals surface area contributed by atoms with E-state index in [9.17, 15) is 14.9 Å². The van der Waals surface area contributed by atoms with E-state index in [2.05, 4.69) is 4.98 Å². The van der Waals surface area contributed by atoms with Gasteiger partial charge in [-0.2, -0.15) is 0 Å². The number of nitro benzene ring substituents is 1. The summed E-state index contributed by atoms with van der Waals surface area (Å²) in [6, 6.07) is 7.27. The number of furan rings is 1. The summed E-state index contributed by atoms with van der Waals surface area (Å²) < 4.78 is 10.4. The SMILES string of the molecule is O=C(OCc1csc(-c2ccco2)n1)c1ccc(Cl)c([N+](=O)[O-])c1. The third kappa shape index (κ3) is 3.44. The van der Waals surface area contributed by atoms with Gasteiger partial charge in [-0.1, -0.05) is 11.6 Å². The lowest BCUT2D eigenvalue weighted by molar-refractivity contribution is -0.384. The summed E-state index contributed by atoms with van der Waals surface area (Å²) in [7, 11) is 0. The van der Waals surface area contributed by atoms with E-state index in [1.54, 1.807) is 23.8 Å². The van der Waals surface area contributed by atoms with Crippen LogP contribution in [0.2, 0.25) is 5.02 Å². The van der Waals surface area contributed by atoms with Crippen LogP contribution < -0.4 is 0 Å². The highest BCUT2D eigenvalue weighted by molar-refractivity contribution is 7.13. The first kappa shape index (κ1) is 16.2. The molecule has 0 aliphatic rings. The molecule has 0 spiro atoms. The van der Waals surface area contributed by atoms with Gasteiger partial charge in [0.2, 0.25) is 0 Å². The van der Waals surface area contributed by atoms with Crippen LogP contribution in [-0.4, -0.2) is 15.9 Å². The molecule has 122 valence electrons. The second-order valence-electron chi connectivity index (χ2n) is 4.62. The Morgan fingerprint density at radius 2 is 2.25 bits per heavy atom. The van der Waals surface area contributed by atoms with Gasteiger partial charge in [0, 0.05) is 11.4 Å². The van der Waals surface area contributed by atoms with Gasteiger partial charge in [0.05, 0.1) is 22.4 Å². The molecular formula is C15H9ClN2O5S. The van der Waals surface area contributed by atoms with Crippen molar-refractivity contribution in [3.63, 3.8) is 0 Å². The Labute approximate surface area is 144 Å². The Bertz CT molecular complexity index is 891. The molecule has 3 aromatic rings. The molecule has 0 unspecified atom stereocenters. The van der Waals surface area contributed by atoms with Crippen molar-refractivity contribution in [1.29, 1.82) is 0 Å². The number of rotatable bonds is 5. The molecule has 2 heterocycles. The van der Waals surface area contributed by atoms with Crippen LogP contribution in [0.15, 0.2) is 46.4 Å². The molecule has 0 saturated carbocycles. The zero-order valence-electron chi connectivity index (χ0n) is 12.0. The highest BCUT2D eigenvalue weighted by Crippen LogP contribution is 2.26. The quantitative estimate of drug-likeness (QED) is 0.380. The number of esters is 1. The zero-order valence-corrected chi connectivity index (χ0v) is 13.5. The van der Waals surface area contributed by atoms with E-state index in [4.69, 9.17) is 20.8 Å². The molecule has 2 aromatic heterocycles. The van der Waals surface area contributed by atoms with Crippen molar-refractivity contribution >= 4 is 34.6 Å². The number of halogens is 1. The molecule has 3 rings (SSSR count). The molecule has 1 aromatic carbocycles. The summed E-state index contributed by atoms with van der Waals surface area (Å²) in [5.41, 5.74) is 0.260. The number of thiazole rings is 1. The smallest absolute Gasteiger partial charge is 0.338 e. The fourth-order valence-corrected chi connectivity index (χ4v) is 2.85. The monoisotopic (exact) mass is 364 g/mol. The van der Waals surface area contributed by atoms with Crippen LogP contribution in [0.1, 0.15) is 16.1 Å². The second kappa shape index (κ2) is 6.81. The minimum atomic E-state index is -0.692. The van der Waals surface area contributed by atoms with Crippen LogP contribution in [-0.2, 0) is 11.3 Å². The molecule has 7 nitrogen and oxygen atoms in total. The van der Waals surface area contributed by atoms with Crippen molar-refractivity contribution in [2.24, 2.45) is 0 Å². The number of carbonyl (C=O) groups excluding carboxylic acids is 1. The Kier molecular flexibility index (Phi) is 4.59. The van der Waals surface area contributed by atoms with Crippen molar-refractivity contribution in [3.05, 3.63) is 68.4 Å². The highest BCUT2D eigenvalue weighted by atomic mass is 35.5. The highest BCUT2D eigenvalue weighted by Gasteiger charge is 2.17. The second-order valence-corrected chi connectivity index (χ2v) is 5.89. The number of carbonyl (C=O) groups is 1. The topological polar surface area (TPSA) is 95.5 Å². The molecule has 0 aliphatic carbocycles. The summed E-state index contributed by atoms with van der Waals surface area (Å²) in [5, 5.41) is 13.2. The van der Waals surface area contributed by atoms with Crippen LogP contribution in [0.3, 0.4) is 0 Å². The van der Waals surface area contributed by atoms with E-state index in [-0.39, 0.29) is 22.9 Å². The average molecular weight is 365 g/mol. The van der Waals surface area contributed by atoms with Crippen molar-refractivity contribution < 1.29 is 18.9 Å². The van der Waals surface area contributed by atoms with E-state index in [0.29, 0.717) is 16.5 Å². The van der Waals surface area contributed by atoms with Gasteiger partial charge in [0.15, 0.2) is 10.8 Å². The molecule has 0 saturated heterocycles. The predicted molar refractivity (Wildman–Crippen MR) is 87.0 cm³/mol. The summed E-state index contributed by atoms with van der Waals surface area (Å²) in [6.45, 7) is -0.0491. The first-order valence-electron chi connectivity index (χ1n) is 6.64. The van der Waals surface area contributed by atoms with Crippen molar-refractivity contribution in [3.8, 4) is 10.8 Å². The maximum Gasteiger partial charge on any atom is 0.338 e. The van der Waals surface area contributed by atoms with Crippen molar-refractivity contribution in [2.75, 3.05) is 0 Å². The minimum absolute atomic E-state index is 0.0425. The predicted octanol–water partition coefficient (Wildman–Crippen LogP) is 4.32. The molecule has 0 N–H and O–H groups in total. The van der Waals surface area contributed by atoms with E-state index in [1.807, 2.05) is 0 Å². The largest absolute Gasteiger partial charge is 0.462 e. The minimum Gasteiger partial charge on any atom is -0.462 e. The number of hydrogen-bond acceptors (Lipinski definition) is 7. The Hall–Kier alpha value is -2.71. The van der Waals surface area contributed by atoms with Crippen LogP contribution in [0.25, 0.3) is 10.8 Å². The third-order valence-electron chi connectivity index (χ3n) is 3.01. The molecular weight excluding hydrogens is 356 g/mol. The number of nitrogens with zero attached hydrogens (tertiary/aromatic N) is 2.